The van der Waals surface area contributed by atoms with Crippen molar-refractivity contribution in [3.05, 3.63) is 117 Å². The molecule has 4 aromatic carbocycles. The summed E-state index contributed by atoms with van der Waals surface area (Å²) in [5.74, 6) is 0.179. The van der Waals surface area contributed by atoms with Gasteiger partial charge in [-0.1, -0.05) is 42.5 Å². The third-order valence-corrected chi connectivity index (χ3v) is 8.26. The van der Waals surface area contributed by atoms with Gasteiger partial charge in [-0.15, -0.1) is 11.3 Å². The smallest absolute Gasteiger partial charge is 0.271 e. The van der Waals surface area contributed by atoms with Crippen LogP contribution in [0.2, 0.25) is 0 Å². The summed E-state index contributed by atoms with van der Waals surface area (Å²) in [6.07, 6.45) is 1.51. The molecule has 0 fully saturated rings. The highest BCUT2D eigenvalue weighted by Crippen LogP contribution is 2.37. The Hall–Kier alpha value is -5.00. The Balaban J connectivity index is 1.18. The number of hydrogen-bond donors (Lipinski definition) is 3. The van der Waals surface area contributed by atoms with Crippen molar-refractivity contribution in [2.45, 2.75) is 20.8 Å². The number of aromatic nitrogens is 1. The van der Waals surface area contributed by atoms with Crippen molar-refractivity contribution in [3.8, 4) is 22.8 Å². The lowest BCUT2D eigenvalue weighted by molar-refractivity contribution is -0.118. The summed E-state index contributed by atoms with van der Waals surface area (Å²) < 4.78 is 12.2. The minimum Gasteiger partial charge on any atom is -0.490 e. The first-order valence-corrected chi connectivity index (χ1v) is 16.1. The number of hydrogen-bond acceptors (Lipinski definition) is 8. The van der Waals surface area contributed by atoms with Crippen molar-refractivity contribution in [1.29, 1.82) is 0 Å². The van der Waals surface area contributed by atoms with Crippen LogP contribution in [0.1, 0.15) is 34.0 Å². The fourth-order valence-corrected chi connectivity index (χ4v) is 5.72. The maximum atomic E-state index is 12.8. The quantitative estimate of drug-likeness (QED) is 0.0897. The molecule has 0 aliphatic carbocycles. The Labute approximate surface area is 279 Å². The highest BCUT2D eigenvalue weighted by molar-refractivity contribution is 9.10. The average Bonchev–Trinajstić information content (AvgIpc) is 3.52. The van der Waals surface area contributed by atoms with Gasteiger partial charge < -0.3 is 20.1 Å². The molecule has 3 N–H and O–H groups in total. The van der Waals surface area contributed by atoms with Gasteiger partial charge in [-0.2, -0.15) is 5.10 Å². The molecule has 2 amide bonds. The first kappa shape index (κ1) is 32.4. The number of para-hydroxylation sites is 1. The average molecular weight is 699 g/mol. The molecule has 0 spiro atoms. The summed E-state index contributed by atoms with van der Waals surface area (Å²) >= 11 is 5.02. The van der Waals surface area contributed by atoms with E-state index in [1.54, 1.807) is 24.3 Å². The molecule has 0 saturated heterocycles. The van der Waals surface area contributed by atoms with Crippen molar-refractivity contribution >= 4 is 61.8 Å². The van der Waals surface area contributed by atoms with E-state index in [2.05, 4.69) is 42.1 Å². The van der Waals surface area contributed by atoms with Crippen LogP contribution in [-0.2, 0) is 4.79 Å². The summed E-state index contributed by atoms with van der Waals surface area (Å²) in [4.78, 5) is 30.0. The summed E-state index contributed by atoms with van der Waals surface area (Å²) in [5, 5.41) is 13.1. The highest BCUT2D eigenvalue weighted by Gasteiger charge is 2.15. The number of rotatable bonds is 12. The lowest BCUT2D eigenvalue weighted by atomic mass is 10.1. The number of thiazole rings is 1. The maximum Gasteiger partial charge on any atom is 0.271 e. The van der Waals surface area contributed by atoms with Crippen LogP contribution in [0.3, 0.4) is 0 Å². The molecule has 5 aromatic rings. The summed E-state index contributed by atoms with van der Waals surface area (Å²) in [6.45, 7) is 5.98. The molecule has 0 atom stereocenters. The second-order valence-corrected chi connectivity index (χ2v) is 11.9. The molecular weight excluding hydrogens is 666 g/mol. The number of aryl methyl sites for hydroxylation is 1. The van der Waals surface area contributed by atoms with Gasteiger partial charge in [0, 0.05) is 27.9 Å². The predicted octanol–water partition coefficient (Wildman–Crippen LogP) is 8.11. The van der Waals surface area contributed by atoms with Crippen LogP contribution in [0.25, 0.3) is 11.3 Å². The van der Waals surface area contributed by atoms with Gasteiger partial charge in [-0.3, -0.25) is 9.59 Å². The molecule has 0 bridgehead atoms. The number of benzene rings is 4. The van der Waals surface area contributed by atoms with Crippen LogP contribution >= 0.6 is 27.3 Å². The fraction of sp³-hybridized carbons (Fsp3) is 0.143. The van der Waals surface area contributed by atoms with E-state index in [1.807, 2.05) is 86.8 Å². The van der Waals surface area contributed by atoms with E-state index in [9.17, 15) is 9.59 Å². The first-order chi connectivity index (χ1) is 22.3. The van der Waals surface area contributed by atoms with E-state index >= 15 is 0 Å². The van der Waals surface area contributed by atoms with Gasteiger partial charge in [-0.25, -0.2) is 10.4 Å². The third kappa shape index (κ3) is 8.38. The van der Waals surface area contributed by atoms with Crippen LogP contribution in [0, 0.1) is 13.8 Å². The van der Waals surface area contributed by atoms with Crippen LogP contribution in [-0.4, -0.2) is 36.2 Å². The van der Waals surface area contributed by atoms with Gasteiger partial charge in [0.05, 0.1) is 23.0 Å². The van der Waals surface area contributed by atoms with E-state index in [-0.39, 0.29) is 18.4 Å². The van der Waals surface area contributed by atoms with Crippen LogP contribution in [0.15, 0.2) is 99.9 Å². The second-order valence-electron chi connectivity index (χ2n) is 10.2. The first-order valence-electron chi connectivity index (χ1n) is 14.5. The molecule has 0 aliphatic heterocycles. The summed E-state index contributed by atoms with van der Waals surface area (Å²) in [6, 6.07) is 26.3. The number of halogens is 1. The maximum absolute atomic E-state index is 12.8. The molecule has 11 heteroatoms. The van der Waals surface area contributed by atoms with Crippen LogP contribution in [0.4, 0.5) is 16.5 Å². The normalized spacial score (nSPS) is 10.9. The van der Waals surface area contributed by atoms with Crippen molar-refractivity contribution in [1.82, 2.24) is 10.4 Å². The molecule has 1 heterocycles. The zero-order chi connectivity index (χ0) is 32.5. The summed E-state index contributed by atoms with van der Waals surface area (Å²) in [5.41, 5.74) is 9.19. The zero-order valence-corrected chi connectivity index (χ0v) is 27.9. The van der Waals surface area contributed by atoms with Crippen molar-refractivity contribution in [2.75, 3.05) is 23.8 Å². The van der Waals surface area contributed by atoms with Gasteiger partial charge in [0.1, 0.15) is 0 Å². The Morgan fingerprint density at radius 2 is 1.76 bits per heavy atom. The fourth-order valence-electron chi connectivity index (χ4n) is 4.41. The van der Waals surface area contributed by atoms with Crippen molar-refractivity contribution in [3.63, 3.8) is 0 Å². The molecule has 46 heavy (non-hydrogen) atoms. The Kier molecular flexibility index (Phi) is 10.8. The molecule has 1 aromatic heterocycles. The molecule has 9 nitrogen and oxygen atoms in total. The number of ether oxygens (including phenoxy) is 2. The van der Waals surface area contributed by atoms with Gasteiger partial charge in [0.2, 0.25) is 0 Å². The Bertz CT molecular complexity index is 1860. The molecule has 5 rings (SSSR count). The number of hydrazone groups is 1. The van der Waals surface area contributed by atoms with Crippen molar-refractivity contribution in [2.24, 2.45) is 5.10 Å². The van der Waals surface area contributed by atoms with Crippen molar-refractivity contribution < 1.29 is 19.1 Å². The number of amides is 2. The van der Waals surface area contributed by atoms with E-state index in [4.69, 9.17) is 9.47 Å². The predicted molar refractivity (Wildman–Crippen MR) is 188 cm³/mol. The monoisotopic (exact) mass is 697 g/mol. The molecule has 0 aliphatic rings. The van der Waals surface area contributed by atoms with Crippen LogP contribution < -0.4 is 25.5 Å². The molecular formula is C35H32BrN5O4S. The number of anilines is 3. The minimum atomic E-state index is -0.355. The van der Waals surface area contributed by atoms with Crippen LogP contribution in [0.5, 0.6) is 11.5 Å². The topological polar surface area (TPSA) is 114 Å². The summed E-state index contributed by atoms with van der Waals surface area (Å²) in [7, 11) is 0. The van der Waals surface area contributed by atoms with E-state index in [1.165, 1.54) is 17.6 Å². The Morgan fingerprint density at radius 3 is 2.52 bits per heavy atom. The third-order valence-electron chi connectivity index (χ3n) is 6.91. The molecule has 0 radical (unpaired) electrons. The number of carbonyl (C=O) groups is 2. The minimum absolute atomic E-state index is 0.206. The standard InChI is InChI=1S/C35H32BrN5O4S/c1-4-44-31-18-24(17-28(36)33(31)45-20-32(42)39-29-12-8-9-22(2)23(29)3)19-37-41-34(43)26-15-13-25(14-16-26)30-21-46-35(40-30)38-27-10-6-5-7-11-27/h5-19,21H,4,20H2,1-3H3,(H,38,40)(H,39,42)(H,41,43)/b37-19+. The number of nitrogens with zero attached hydrogens (tertiary/aromatic N) is 2. The molecule has 0 saturated carbocycles. The number of carbonyl (C=O) groups excluding carboxylic acids is 2. The highest BCUT2D eigenvalue weighted by atomic mass is 79.9. The molecule has 234 valence electrons. The van der Waals surface area contributed by atoms with Gasteiger partial charge in [0.15, 0.2) is 23.2 Å². The number of nitrogens with one attached hydrogen (secondary N) is 3. The van der Waals surface area contributed by atoms with E-state index in [0.29, 0.717) is 33.7 Å². The van der Waals surface area contributed by atoms with Gasteiger partial charge in [-0.05, 0) is 95.9 Å². The SMILES string of the molecule is CCOc1cc(/C=N/NC(=O)c2ccc(-c3csc(Nc4ccccc4)n3)cc2)cc(Br)c1OCC(=O)Nc1cccc(C)c1C. The van der Waals surface area contributed by atoms with Gasteiger partial charge >= 0.3 is 0 Å². The lowest BCUT2D eigenvalue weighted by Gasteiger charge is -2.15. The van der Waals surface area contributed by atoms with E-state index in [0.717, 1.165) is 38.9 Å². The second kappa shape index (κ2) is 15.3. The van der Waals surface area contributed by atoms with Gasteiger partial charge in [0.25, 0.3) is 11.8 Å². The largest absolute Gasteiger partial charge is 0.490 e. The Morgan fingerprint density at radius 1 is 0.978 bits per heavy atom. The molecule has 0 unspecified atom stereocenters. The lowest BCUT2D eigenvalue weighted by Crippen LogP contribution is -2.21. The zero-order valence-electron chi connectivity index (χ0n) is 25.5. The van der Waals surface area contributed by atoms with E-state index < -0.39 is 0 Å².